The number of phenols is 1. The molecule has 1 rings (SSSR count). The van der Waals surface area contributed by atoms with Crippen LogP contribution in [0.3, 0.4) is 0 Å². The van der Waals surface area contributed by atoms with Gasteiger partial charge in [-0.15, -0.1) is 0 Å². The highest BCUT2D eigenvalue weighted by Crippen LogP contribution is 2.14. The lowest BCUT2D eigenvalue weighted by molar-refractivity contribution is 0.471. The van der Waals surface area contributed by atoms with Gasteiger partial charge < -0.3 is 5.11 Å². The summed E-state index contributed by atoms with van der Waals surface area (Å²) in [5.74, 6) is -0.126. The first kappa shape index (κ1) is 11.0. The highest BCUT2D eigenvalue weighted by atomic mass is 19.1. The van der Waals surface area contributed by atoms with Crippen LogP contribution < -0.4 is 0 Å². The lowest BCUT2D eigenvalue weighted by Crippen LogP contribution is -1.85. The second-order valence-electron chi connectivity index (χ2n) is 2.13. The first-order valence-corrected chi connectivity index (χ1v) is 4.21. The van der Waals surface area contributed by atoms with Crippen molar-refractivity contribution in [1.82, 2.24) is 0 Å². The van der Waals surface area contributed by atoms with Crippen LogP contribution in [-0.2, 0) is 6.42 Å². The zero-order chi connectivity index (χ0) is 9.56. The van der Waals surface area contributed by atoms with E-state index in [4.69, 9.17) is 5.11 Å². The second kappa shape index (κ2) is 5.58. The predicted molar refractivity (Wildman–Crippen MR) is 48.8 cm³/mol. The van der Waals surface area contributed by atoms with Crippen LogP contribution in [0.5, 0.6) is 5.75 Å². The van der Waals surface area contributed by atoms with Gasteiger partial charge in [0, 0.05) is 0 Å². The van der Waals surface area contributed by atoms with Crippen molar-refractivity contribution in [3.05, 3.63) is 29.6 Å². The van der Waals surface area contributed by atoms with Gasteiger partial charge in [-0.25, -0.2) is 4.39 Å². The molecule has 1 aromatic rings. The molecule has 0 unspecified atom stereocenters. The molecule has 0 aliphatic heterocycles. The van der Waals surface area contributed by atoms with Gasteiger partial charge in [0.25, 0.3) is 0 Å². The van der Waals surface area contributed by atoms with E-state index in [9.17, 15) is 4.39 Å². The summed E-state index contributed by atoms with van der Waals surface area (Å²) in [7, 11) is 0. The van der Waals surface area contributed by atoms with Crippen LogP contribution >= 0.6 is 0 Å². The number of aromatic hydroxyl groups is 1. The van der Waals surface area contributed by atoms with Crippen LogP contribution in [-0.4, -0.2) is 5.11 Å². The lowest BCUT2D eigenvalue weighted by Gasteiger charge is -1.98. The maximum absolute atomic E-state index is 12.7. The third-order valence-corrected chi connectivity index (χ3v) is 1.41. The fourth-order valence-corrected chi connectivity index (χ4v) is 0.832. The molecule has 0 spiro atoms. The minimum absolute atomic E-state index is 0.123. The van der Waals surface area contributed by atoms with Gasteiger partial charge >= 0.3 is 0 Å². The third-order valence-electron chi connectivity index (χ3n) is 1.41. The largest absolute Gasteiger partial charge is 0.508 e. The number of phenolic OH excluding ortho intramolecular Hbond substituents is 1. The Hall–Kier alpha value is -1.05. The van der Waals surface area contributed by atoms with Gasteiger partial charge in [-0.1, -0.05) is 20.8 Å². The van der Waals surface area contributed by atoms with Gasteiger partial charge in [-0.3, -0.25) is 0 Å². The summed E-state index contributed by atoms with van der Waals surface area (Å²) < 4.78 is 12.7. The normalized spacial score (nSPS) is 8.67. The van der Waals surface area contributed by atoms with Gasteiger partial charge in [-0.2, -0.15) is 0 Å². The molecular weight excluding hydrogens is 155 g/mol. The molecule has 0 amide bonds. The Morgan fingerprint density at radius 2 is 1.92 bits per heavy atom. The van der Waals surface area contributed by atoms with E-state index < -0.39 is 0 Å². The molecule has 0 atom stereocenters. The predicted octanol–water partition coefficient (Wildman–Crippen LogP) is 3.12. The van der Waals surface area contributed by atoms with Crippen LogP contribution in [0.4, 0.5) is 4.39 Å². The summed E-state index contributed by atoms with van der Waals surface area (Å²) in [6.07, 6.45) is 0.611. The topological polar surface area (TPSA) is 20.2 Å². The molecule has 0 aliphatic carbocycles. The van der Waals surface area contributed by atoms with Crippen LogP contribution in [0.15, 0.2) is 18.2 Å². The van der Waals surface area contributed by atoms with Crippen LogP contribution in [0.25, 0.3) is 0 Å². The molecular formula is C10H15FO. The van der Waals surface area contributed by atoms with Crippen molar-refractivity contribution in [2.75, 3.05) is 0 Å². The SMILES string of the molecule is CC.CCc1cc(O)ccc1F. The Labute approximate surface area is 72.9 Å². The molecule has 0 aromatic heterocycles. The van der Waals surface area contributed by atoms with Gasteiger partial charge in [0.05, 0.1) is 0 Å². The molecule has 0 bridgehead atoms. The minimum Gasteiger partial charge on any atom is -0.508 e. The molecule has 1 nitrogen and oxygen atoms in total. The summed E-state index contributed by atoms with van der Waals surface area (Å²) in [6.45, 7) is 5.85. The Morgan fingerprint density at radius 3 is 2.33 bits per heavy atom. The van der Waals surface area contributed by atoms with E-state index in [1.165, 1.54) is 18.2 Å². The Morgan fingerprint density at radius 1 is 1.33 bits per heavy atom. The number of aryl methyl sites for hydroxylation is 1. The van der Waals surface area contributed by atoms with Crippen molar-refractivity contribution in [3.8, 4) is 5.75 Å². The fourth-order valence-electron chi connectivity index (χ4n) is 0.832. The first-order chi connectivity index (χ1) is 5.74. The van der Waals surface area contributed by atoms with E-state index in [0.29, 0.717) is 12.0 Å². The highest BCUT2D eigenvalue weighted by Gasteiger charge is 1.98. The maximum atomic E-state index is 12.7. The second-order valence-corrected chi connectivity index (χ2v) is 2.13. The third kappa shape index (κ3) is 2.91. The van der Waals surface area contributed by atoms with Gasteiger partial charge in [0.15, 0.2) is 0 Å². The zero-order valence-corrected chi connectivity index (χ0v) is 7.76. The minimum atomic E-state index is -0.250. The summed E-state index contributed by atoms with van der Waals surface area (Å²) in [5, 5.41) is 8.90. The standard InChI is InChI=1S/C8H9FO.C2H6/c1-2-6-5-7(10)3-4-8(6)9;1-2/h3-5,10H,2H2,1H3;1-2H3. The fraction of sp³-hybridized carbons (Fsp3) is 0.400. The Balaban J connectivity index is 0.000000561. The molecule has 0 saturated heterocycles. The number of hydrogen-bond acceptors (Lipinski definition) is 1. The molecule has 0 fully saturated rings. The van der Waals surface area contributed by atoms with Crippen LogP contribution in [0.1, 0.15) is 26.3 Å². The number of rotatable bonds is 1. The number of benzene rings is 1. The van der Waals surface area contributed by atoms with E-state index in [1.807, 2.05) is 20.8 Å². The zero-order valence-electron chi connectivity index (χ0n) is 7.76. The first-order valence-electron chi connectivity index (χ1n) is 4.21. The number of halogens is 1. The molecule has 0 heterocycles. The van der Waals surface area contributed by atoms with E-state index in [0.717, 1.165) is 0 Å². The van der Waals surface area contributed by atoms with Gasteiger partial charge in [0.1, 0.15) is 11.6 Å². The van der Waals surface area contributed by atoms with Crippen LogP contribution in [0.2, 0.25) is 0 Å². The summed E-state index contributed by atoms with van der Waals surface area (Å²) in [4.78, 5) is 0. The van der Waals surface area contributed by atoms with Crippen molar-refractivity contribution in [2.45, 2.75) is 27.2 Å². The van der Waals surface area contributed by atoms with Crippen molar-refractivity contribution >= 4 is 0 Å². The molecule has 1 aromatic carbocycles. The average molecular weight is 170 g/mol. The Bertz CT molecular complexity index is 233. The summed E-state index contributed by atoms with van der Waals surface area (Å²) in [6, 6.07) is 4.05. The molecule has 0 aliphatic rings. The van der Waals surface area contributed by atoms with E-state index in [-0.39, 0.29) is 11.6 Å². The molecule has 12 heavy (non-hydrogen) atoms. The van der Waals surface area contributed by atoms with Gasteiger partial charge in [0.2, 0.25) is 0 Å². The van der Waals surface area contributed by atoms with Crippen LogP contribution in [0, 0.1) is 5.82 Å². The molecule has 0 saturated carbocycles. The monoisotopic (exact) mass is 170 g/mol. The highest BCUT2D eigenvalue weighted by molar-refractivity contribution is 5.28. The smallest absolute Gasteiger partial charge is 0.126 e. The summed E-state index contributed by atoms with van der Waals surface area (Å²) in [5.41, 5.74) is 0.556. The van der Waals surface area contributed by atoms with Crippen molar-refractivity contribution < 1.29 is 9.50 Å². The van der Waals surface area contributed by atoms with Crippen molar-refractivity contribution in [2.24, 2.45) is 0 Å². The van der Waals surface area contributed by atoms with E-state index in [2.05, 4.69) is 0 Å². The quantitative estimate of drug-likeness (QED) is 0.686. The lowest BCUT2D eigenvalue weighted by atomic mass is 10.1. The van der Waals surface area contributed by atoms with Crippen molar-refractivity contribution in [1.29, 1.82) is 0 Å². The number of hydrogen-bond donors (Lipinski definition) is 1. The molecule has 68 valence electrons. The van der Waals surface area contributed by atoms with Gasteiger partial charge in [-0.05, 0) is 30.2 Å². The van der Waals surface area contributed by atoms with E-state index >= 15 is 0 Å². The summed E-state index contributed by atoms with van der Waals surface area (Å²) >= 11 is 0. The molecule has 2 heteroatoms. The van der Waals surface area contributed by atoms with E-state index in [1.54, 1.807) is 0 Å². The molecule has 1 N–H and O–H groups in total. The molecule has 0 radical (unpaired) electrons. The maximum Gasteiger partial charge on any atom is 0.126 e. The average Bonchev–Trinajstić information content (AvgIpc) is 2.13. The Kier molecular flexibility index (Phi) is 5.09. The van der Waals surface area contributed by atoms with Crippen molar-refractivity contribution in [3.63, 3.8) is 0 Å².